The van der Waals surface area contributed by atoms with Crippen LogP contribution in [0.3, 0.4) is 0 Å². The third kappa shape index (κ3) is 2.66. The van der Waals surface area contributed by atoms with Crippen LogP contribution in [0.25, 0.3) is 10.9 Å². The Balaban J connectivity index is 1.75. The van der Waals surface area contributed by atoms with Crippen LogP contribution in [0.2, 0.25) is 5.15 Å². The molecule has 4 rings (SSSR count). The quantitative estimate of drug-likeness (QED) is 0.646. The van der Waals surface area contributed by atoms with Gasteiger partial charge in [0.25, 0.3) is 5.56 Å². The monoisotopic (exact) mass is 386 g/mol. The normalized spacial score (nSPS) is 19.5. The van der Waals surface area contributed by atoms with Gasteiger partial charge in [0.2, 0.25) is 6.43 Å². The van der Waals surface area contributed by atoms with Crippen molar-refractivity contribution in [3.63, 3.8) is 0 Å². The van der Waals surface area contributed by atoms with E-state index in [4.69, 9.17) is 11.6 Å². The van der Waals surface area contributed by atoms with E-state index in [0.29, 0.717) is 0 Å². The number of fused-ring (bicyclic) bond motifs is 1. The van der Waals surface area contributed by atoms with Crippen molar-refractivity contribution in [2.75, 3.05) is 0 Å². The van der Waals surface area contributed by atoms with Crippen molar-refractivity contribution in [2.24, 2.45) is 5.92 Å². The van der Waals surface area contributed by atoms with Gasteiger partial charge < -0.3 is 0 Å². The number of rotatable bonds is 4. The van der Waals surface area contributed by atoms with E-state index in [2.05, 4.69) is 10.2 Å². The molecule has 0 unspecified atom stereocenters. The average Bonchev–Trinajstić information content (AvgIpc) is 3.32. The van der Waals surface area contributed by atoms with Gasteiger partial charge in [0, 0.05) is 11.5 Å². The number of halogens is 5. The van der Waals surface area contributed by atoms with Gasteiger partial charge in [-0.05, 0) is 18.6 Å². The third-order valence-corrected chi connectivity index (χ3v) is 4.86. The zero-order valence-corrected chi connectivity index (χ0v) is 13.8. The molecule has 0 aliphatic heterocycles. The molecule has 3 aromatic rings. The van der Waals surface area contributed by atoms with Crippen LogP contribution in [0.4, 0.5) is 17.6 Å². The lowest BCUT2D eigenvalue weighted by atomic mass is 10.2. The minimum atomic E-state index is -2.53. The molecule has 1 aliphatic rings. The van der Waals surface area contributed by atoms with E-state index in [0.717, 1.165) is 21.5 Å². The highest BCUT2D eigenvalue weighted by Crippen LogP contribution is 2.46. The summed E-state index contributed by atoms with van der Waals surface area (Å²) < 4.78 is 55.2. The van der Waals surface area contributed by atoms with E-state index in [9.17, 15) is 22.4 Å². The largest absolute Gasteiger partial charge is 0.295 e. The third-order valence-electron chi connectivity index (χ3n) is 4.46. The minimum absolute atomic E-state index is 0.0133. The molecule has 0 amide bonds. The fourth-order valence-corrected chi connectivity index (χ4v) is 3.17. The summed E-state index contributed by atoms with van der Waals surface area (Å²) in [5, 5.41) is 8.10. The van der Waals surface area contributed by atoms with Crippen LogP contribution in [0.1, 0.15) is 18.0 Å². The molecule has 26 heavy (non-hydrogen) atoms. The van der Waals surface area contributed by atoms with Gasteiger partial charge >= 0.3 is 0 Å². The van der Waals surface area contributed by atoms with Gasteiger partial charge in [-0.2, -0.15) is 10.2 Å². The summed E-state index contributed by atoms with van der Waals surface area (Å²) in [6.07, 6.45) is -1.12. The second-order valence-electron chi connectivity index (χ2n) is 6.11. The van der Waals surface area contributed by atoms with Gasteiger partial charge in [-0.1, -0.05) is 17.7 Å². The number of alkyl halides is 2. The lowest BCUT2D eigenvalue weighted by Crippen LogP contribution is -2.23. The molecule has 0 bridgehead atoms. The Morgan fingerprint density at radius 1 is 1.27 bits per heavy atom. The highest BCUT2D eigenvalue weighted by atomic mass is 35.5. The summed E-state index contributed by atoms with van der Waals surface area (Å²) in [5.74, 6) is -2.45. The topological polar surface area (TPSA) is 52.7 Å². The van der Waals surface area contributed by atoms with Crippen LogP contribution < -0.4 is 5.56 Å². The van der Waals surface area contributed by atoms with E-state index in [1.807, 2.05) is 0 Å². The smallest absolute Gasteiger partial charge is 0.265 e. The number of benzene rings is 1. The van der Waals surface area contributed by atoms with Crippen LogP contribution in [-0.4, -0.2) is 26.0 Å². The number of nitrogens with zero attached hydrogens (tertiary/aromatic N) is 4. The molecule has 2 heterocycles. The van der Waals surface area contributed by atoms with Gasteiger partial charge in [-0.3, -0.25) is 4.79 Å². The Kier molecular flexibility index (Phi) is 3.98. The van der Waals surface area contributed by atoms with Crippen molar-refractivity contribution < 1.29 is 17.6 Å². The molecule has 5 nitrogen and oxygen atoms in total. The van der Waals surface area contributed by atoms with Crippen LogP contribution in [0.15, 0.2) is 29.2 Å². The first-order chi connectivity index (χ1) is 12.4. The fraction of sp³-hybridized carbons (Fsp3) is 0.312. The van der Waals surface area contributed by atoms with Crippen molar-refractivity contribution >= 4 is 22.5 Å². The molecule has 0 saturated heterocycles. The molecular formula is C16H11ClF4N4O. The Morgan fingerprint density at radius 3 is 2.58 bits per heavy atom. The first-order valence-corrected chi connectivity index (χ1v) is 8.11. The molecule has 0 radical (unpaired) electrons. The van der Waals surface area contributed by atoms with E-state index >= 15 is 0 Å². The maximum Gasteiger partial charge on any atom is 0.295 e. The van der Waals surface area contributed by atoms with Crippen LogP contribution in [0, 0.1) is 17.6 Å². The fourth-order valence-electron chi connectivity index (χ4n) is 2.93. The molecule has 2 aromatic heterocycles. The van der Waals surface area contributed by atoms with Gasteiger partial charge in [0.15, 0.2) is 5.52 Å². The summed E-state index contributed by atoms with van der Waals surface area (Å²) in [4.78, 5) is 12.5. The Hall–Kier alpha value is -2.42. The molecule has 1 aromatic carbocycles. The van der Waals surface area contributed by atoms with Crippen LogP contribution in [-0.2, 0) is 6.54 Å². The zero-order chi connectivity index (χ0) is 18.6. The van der Waals surface area contributed by atoms with E-state index in [-0.39, 0.29) is 34.6 Å². The predicted octanol–water partition coefficient (Wildman–Crippen LogP) is 3.40. The van der Waals surface area contributed by atoms with E-state index in [1.165, 1.54) is 12.3 Å². The minimum Gasteiger partial charge on any atom is -0.265 e. The van der Waals surface area contributed by atoms with Crippen molar-refractivity contribution in [3.05, 3.63) is 57.1 Å². The first-order valence-electron chi connectivity index (χ1n) is 7.73. The van der Waals surface area contributed by atoms with E-state index in [1.54, 1.807) is 0 Å². The molecule has 136 valence electrons. The van der Waals surface area contributed by atoms with E-state index < -0.39 is 35.6 Å². The van der Waals surface area contributed by atoms with Crippen molar-refractivity contribution in [1.82, 2.24) is 19.6 Å². The molecular weight excluding hydrogens is 376 g/mol. The highest BCUT2D eigenvalue weighted by Gasteiger charge is 2.47. The Bertz CT molecular complexity index is 1040. The maximum atomic E-state index is 13.8. The summed E-state index contributed by atoms with van der Waals surface area (Å²) in [7, 11) is 0. The summed E-state index contributed by atoms with van der Waals surface area (Å²) >= 11 is 6.16. The van der Waals surface area contributed by atoms with Crippen LogP contribution in [0.5, 0.6) is 0 Å². The van der Waals surface area contributed by atoms with Crippen LogP contribution >= 0.6 is 11.6 Å². The second-order valence-corrected chi connectivity index (χ2v) is 6.46. The molecule has 2 atom stereocenters. The SMILES string of the molecule is O=c1c2nn(Cc3c(F)cccc3F)c(Cl)c2cnn1[C@H]1C[C@H]1C(F)F. The number of aromatic nitrogens is 4. The lowest BCUT2D eigenvalue weighted by Gasteiger charge is -2.05. The van der Waals surface area contributed by atoms with Crippen molar-refractivity contribution in [2.45, 2.75) is 25.4 Å². The second kappa shape index (κ2) is 6.08. The maximum absolute atomic E-state index is 13.8. The molecule has 1 fully saturated rings. The molecule has 0 N–H and O–H groups in total. The number of hydrogen-bond acceptors (Lipinski definition) is 3. The molecule has 0 spiro atoms. The number of hydrogen-bond donors (Lipinski definition) is 0. The van der Waals surface area contributed by atoms with Gasteiger partial charge in [0.05, 0.1) is 24.2 Å². The molecule has 1 aliphatic carbocycles. The predicted molar refractivity (Wildman–Crippen MR) is 85.4 cm³/mol. The highest BCUT2D eigenvalue weighted by molar-refractivity contribution is 6.34. The lowest BCUT2D eigenvalue weighted by molar-refractivity contribution is 0.115. The summed E-state index contributed by atoms with van der Waals surface area (Å²) in [6.45, 7) is -0.325. The Labute approximate surface area is 148 Å². The zero-order valence-electron chi connectivity index (χ0n) is 13.0. The molecule has 10 heteroatoms. The Morgan fingerprint density at radius 2 is 1.96 bits per heavy atom. The van der Waals surface area contributed by atoms with Gasteiger partial charge in [-0.15, -0.1) is 0 Å². The van der Waals surface area contributed by atoms with Crippen molar-refractivity contribution in [3.8, 4) is 0 Å². The van der Waals surface area contributed by atoms with Crippen molar-refractivity contribution in [1.29, 1.82) is 0 Å². The molecule has 1 saturated carbocycles. The average molecular weight is 387 g/mol. The van der Waals surface area contributed by atoms with Gasteiger partial charge in [-0.25, -0.2) is 26.9 Å². The summed E-state index contributed by atoms with van der Waals surface area (Å²) in [6, 6.07) is 2.75. The summed E-state index contributed by atoms with van der Waals surface area (Å²) in [5.41, 5.74) is -0.998. The van der Waals surface area contributed by atoms with Gasteiger partial charge in [0.1, 0.15) is 16.8 Å². The standard InChI is InChI=1S/C16H11ClF4N4O/c17-14-8-5-22-25(12-4-7(12)15(20)21)16(26)13(8)23-24(14)6-9-10(18)2-1-3-11(9)19/h1-3,5,7,12,15H,4,6H2/t7-,12+/m1/s1. The first kappa shape index (κ1) is 17.0.